The van der Waals surface area contributed by atoms with Gasteiger partial charge in [-0.3, -0.25) is 9.59 Å². The number of likely N-dealkylation sites (tertiary alicyclic amines) is 1. The highest BCUT2D eigenvalue weighted by Gasteiger charge is 2.36. The van der Waals surface area contributed by atoms with E-state index >= 15 is 0 Å². The minimum absolute atomic E-state index is 0.0883. The van der Waals surface area contributed by atoms with E-state index in [1.54, 1.807) is 61.5 Å². The van der Waals surface area contributed by atoms with Crippen molar-refractivity contribution in [1.82, 2.24) is 9.80 Å². The zero-order valence-corrected chi connectivity index (χ0v) is 18.6. The molecule has 2 heterocycles. The SMILES string of the molecule is COc1ccc(NC(=O)C2CCCN2C(=O)CN(C)C2=NS(=O)(=O)c3ccccc32)cc1. The van der Waals surface area contributed by atoms with E-state index in [-0.39, 0.29) is 29.1 Å². The number of amidine groups is 1. The third-order valence-electron chi connectivity index (χ3n) is 5.58. The lowest BCUT2D eigenvalue weighted by Gasteiger charge is -2.27. The van der Waals surface area contributed by atoms with Gasteiger partial charge in [0.2, 0.25) is 11.8 Å². The Morgan fingerprint density at radius 1 is 1.19 bits per heavy atom. The molecule has 4 rings (SSSR count). The third-order valence-corrected chi connectivity index (χ3v) is 6.90. The molecule has 0 aliphatic carbocycles. The molecule has 0 bridgehead atoms. The molecule has 1 unspecified atom stereocenters. The molecule has 0 spiro atoms. The standard InChI is InChI=1S/C22H24N4O5S/c1-25(21-17-6-3-4-8-19(17)32(29,30)24-21)14-20(27)26-13-5-7-18(26)22(28)23-15-9-11-16(31-2)12-10-15/h3-4,6,8-12,18H,5,7,13-14H2,1-2H3,(H,23,28). The molecular weight excluding hydrogens is 432 g/mol. The number of anilines is 1. The van der Waals surface area contributed by atoms with Crippen LogP contribution in [0.5, 0.6) is 5.75 Å². The van der Waals surface area contributed by atoms with Gasteiger partial charge in [-0.25, -0.2) is 0 Å². The number of amides is 2. The van der Waals surface area contributed by atoms with Crippen molar-refractivity contribution in [2.75, 3.05) is 32.6 Å². The van der Waals surface area contributed by atoms with Gasteiger partial charge in [0, 0.05) is 24.8 Å². The number of rotatable bonds is 5. The van der Waals surface area contributed by atoms with Crippen molar-refractivity contribution in [3.05, 3.63) is 54.1 Å². The highest BCUT2D eigenvalue weighted by molar-refractivity contribution is 7.90. The Balaban J connectivity index is 1.44. The Labute approximate surface area is 186 Å². The first-order valence-corrected chi connectivity index (χ1v) is 11.6. The number of nitrogens with zero attached hydrogens (tertiary/aromatic N) is 3. The van der Waals surface area contributed by atoms with Gasteiger partial charge >= 0.3 is 0 Å². The molecule has 1 atom stereocenters. The maximum atomic E-state index is 13.0. The van der Waals surface area contributed by atoms with Gasteiger partial charge in [0.1, 0.15) is 16.7 Å². The fourth-order valence-electron chi connectivity index (χ4n) is 3.97. The van der Waals surface area contributed by atoms with Gasteiger partial charge in [-0.05, 0) is 49.2 Å². The lowest BCUT2D eigenvalue weighted by molar-refractivity contribution is -0.136. The van der Waals surface area contributed by atoms with Crippen LogP contribution in [0.1, 0.15) is 18.4 Å². The van der Waals surface area contributed by atoms with Gasteiger partial charge < -0.3 is 19.9 Å². The lowest BCUT2D eigenvalue weighted by atomic mass is 10.2. The molecular formula is C22H24N4O5S. The average molecular weight is 457 g/mol. The van der Waals surface area contributed by atoms with Crippen LogP contribution in [0, 0.1) is 0 Å². The molecule has 0 radical (unpaired) electrons. The molecule has 10 heteroatoms. The fourth-order valence-corrected chi connectivity index (χ4v) is 5.22. The minimum atomic E-state index is -3.77. The van der Waals surface area contributed by atoms with E-state index < -0.39 is 16.1 Å². The summed E-state index contributed by atoms with van der Waals surface area (Å²) in [5.41, 5.74) is 1.09. The molecule has 2 aliphatic heterocycles. The van der Waals surface area contributed by atoms with Crippen LogP contribution in [-0.2, 0) is 19.6 Å². The number of sulfonamides is 1. The predicted octanol–water partition coefficient (Wildman–Crippen LogP) is 1.71. The molecule has 1 N–H and O–H groups in total. The molecule has 1 saturated heterocycles. The number of carbonyl (C=O) groups excluding carboxylic acids is 2. The number of likely N-dealkylation sites (N-methyl/N-ethyl adjacent to an activating group) is 1. The molecule has 0 saturated carbocycles. The van der Waals surface area contributed by atoms with Crippen LogP contribution >= 0.6 is 0 Å². The average Bonchev–Trinajstić information content (AvgIpc) is 3.38. The van der Waals surface area contributed by atoms with E-state index in [0.29, 0.717) is 36.4 Å². The Bertz CT molecular complexity index is 1180. The highest BCUT2D eigenvalue weighted by Crippen LogP contribution is 2.27. The van der Waals surface area contributed by atoms with Crippen LogP contribution in [0.15, 0.2) is 57.8 Å². The maximum absolute atomic E-state index is 13.0. The van der Waals surface area contributed by atoms with Crippen LogP contribution in [0.2, 0.25) is 0 Å². The van der Waals surface area contributed by atoms with Crippen LogP contribution in [0.3, 0.4) is 0 Å². The van der Waals surface area contributed by atoms with Gasteiger partial charge in [-0.2, -0.15) is 8.42 Å². The quantitative estimate of drug-likeness (QED) is 0.734. The summed E-state index contributed by atoms with van der Waals surface area (Å²) in [6, 6.07) is 12.9. The smallest absolute Gasteiger partial charge is 0.285 e. The zero-order valence-electron chi connectivity index (χ0n) is 17.8. The van der Waals surface area contributed by atoms with Crippen molar-refractivity contribution in [3.8, 4) is 5.75 Å². The second-order valence-electron chi connectivity index (χ2n) is 7.71. The summed E-state index contributed by atoms with van der Waals surface area (Å²) in [4.78, 5) is 29.0. The fraction of sp³-hybridized carbons (Fsp3) is 0.318. The number of fused-ring (bicyclic) bond motifs is 1. The summed E-state index contributed by atoms with van der Waals surface area (Å²) < 4.78 is 33.6. The van der Waals surface area contributed by atoms with Gasteiger partial charge in [-0.1, -0.05) is 12.1 Å². The highest BCUT2D eigenvalue weighted by atomic mass is 32.2. The molecule has 9 nitrogen and oxygen atoms in total. The molecule has 168 valence electrons. The normalized spacial score (nSPS) is 18.6. The van der Waals surface area contributed by atoms with Crippen LogP contribution in [0.25, 0.3) is 0 Å². The molecule has 0 aromatic heterocycles. The first-order valence-electron chi connectivity index (χ1n) is 10.2. The largest absolute Gasteiger partial charge is 0.497 e. The topological polar surface area (TPSA) is 108 Å². The Kier molecular flexibility index (Phi) is 5.88. The summed E-state index contributed by atoms with van der Waals surface area (Å²) in [6.07, 6.45) is 1.28. The minimum Gasteiger partial charge on any atom is -0.497 e. The molecule has 32 heavy (non-hydrogen) atoms. The Morgan fingerprint density at radius 3 is 2.62 bits per heavy atom. The number of nitrogens with one attached hydrogen (secondary N) is 1. The van der Waals surface area contributed by atoms with Crippen molar-refractivity contribution < 1.29 is 22.7 Å². The van der Waals surface area contributed by atoms with Crippen molar-refractivity contribution in [2.24, 2.45) is 4.40 Å². The summed E-state index contributed by atoms with van der Waals surface area (Å²) in [5, 5.41) is 2.85. The number of hydrogen-bond acceptors (Lipinski definition) is 6. The van der Waals surface area contributed by atoms with Gasteiger partial charge in [0.25, 0.3) is 10.0 Å². The molecule has 2 aromatic carbocycles. The summed E-state index contributed by atoms with van der Waals surface area (Å²) in [6.45, 7) is 0.379. The predicted molar refractivity (Wildman–Crippen MR) is 119 cm³/mol. The van der Waals surface area contributed by atoms with E-state index in [9.17, 15) is 18.0 Å². The lowest BCUT2D eigenvalue weighted by Crippen LogP contribution is -2.47. The van der Waals surface area contributed by atoms with Crippen molar-refractivity contribution in [2.45, 2.75) is 23.8 Å². The molecule has 2 amide bonds. The number of hydrogen-bond donors (Lipinski definition) is 1. The first kappa shape index (κ1) is 21.8. The van der Waals surface area contributed by atoms with Crippen molar-refractivity contribution in [3.63, 3.8) is 0 Å². The maximum Gasteiger partial charge on any atom is 0.285 e. The van der Waals surface area contributed by atoms with E-state index in [0.717, 1.165) is 0 Å². The van der Waals surface area contributed by atoms with E-state index in [4.69, 9.17) is 4.74 Å². The van der Waals surface area contributed by atoms with E-state index in [1.165, 1.54) is 11.0 Å². The number of carbonyl (C=O) groups is 2. The van der Waals surface area contributed by atoms with E-state index in [2.05, 4.69) is 9.71 Å². The van der Waals surface area contributed by atoms with Gasteiger partial charge in [-0.15, -0.1) is 4.40 Å². The molecule has 2 aromatic rings. The summed E-state index contributed by atoms with van der Waals surface area (Å²) in [7, 11) is -0.581. The molecule has 1 fully saturated rings. The van der Waals surface area contributed by atoms with Gasteiger partial charge in [0.05, 0.1) is 13.7 Å². The third kappa shape index (κ3) is 4.18. The second-order valence-corrected chi connectivity index (χ2v) is 9.28. The van der Waals surface area contributed by atoms with Crippen molar-refractivity contribution in [1.29, 1.82) is 0 Å². The van der Waals surface area contributed by atoms with Crippen LogP contribution in [0.4, 0.5) is 5.69 Å². The first-order chi connectivity index (χ1) is 15.3. The van der Waals surface area contributed by atoms with E-state index in [1.807, 2.05) is 0 Å². The monoisotopic (exact) mass is 456 g/mol. The van der Waals surface area contributed by atoms with Crippen molar-refractivity contribution >= 4 is 33.4 Å². The zero-order chi connectivity index (χ0) is 22.9. The summed E-state index contributed by atoms with van der Waals surface area (Å²) in [5.74, 6) is 0.397. The Morgan fingerprint density at radius 2 is 1.91 bits per heavy atom. The van der Waals surface area contributed by atoms with Gasteiger partial charge in [0.15, 0.2) is 5.84 Å². The van der Waals surface area contributed by atoms with Crippen LogP contribution < -0.4 is 10.1 Å². The Hall–Kier alpha value is -3.40. The van der Waals surface area contributed by atoms with Crippen LogP contribution in [-0.4, -0.2) is 69.2 Å². The number of ether oxygens (including phenoxy) is 1. The number of methoxy groups -OCH3 is 1. The second kappa shape index (κ2) is 8.62. The molecule has 2 aliphatic rings. The number of benzene rings is 2. The summed E-state index contributed by atoms with van der Waals surface area (Å²) >= 11 is 0.